The summed E-state index contributed by atoms with van der Waals surface area (Å²) in [6, 6.07) is 14.7. The molecule has 156 valence electrons. The van der Waals surface area contributed by atoms with Gasteiger partial charge in [0.25, 0.3) is 0 Å². The van der Waals surface area contributed by atoms with Crippen LogP contribution < -0.4 is 15.4 Å². The lowest BCUT2D eigenvalue weighted by molar-refractivity contribution is -0.117. The van der Waals surface area contributed by atoms with Gasteiger partial charge < -0.3 is 10.1 Å². The third-order valence-electron chi connectivity index (χ3n) is 3.95. The summed E-state index contributed by atoms with van der Waals surface area (Å²) in [6.45, 7) is 2.51. The van der Waals surface area contributed by atoms with Gasteiger partial charge in [0.2, 0.25) is 5.91 Å². The first-order valence-corrected chi connectivity index (χ1v) is 10.9. The van der Waals surface area contributed by atoms with E-state index in [1.165, 1.54) is 18.8 Å². The summed E-state index contributed by atoms with van der Waals surface area (Å²) in [5.74, 6) is 0.994. The second kappa shape index (κ2) is 10.3. The van der Waals surface area contributed by atoms with E-state index in [-0.39, 0.29) is 5.75 Å². The van der Waals surface area contributed by atoms with Crippen LogP contribution in [0.5, 0.6) is 5.75 Å². The number of carbonyl (C=O) groups is 2. The maximum Gasteiger partial charge on any atom is 0.321 e. The van der Waals surface area contributed by atoms with Gasteiger partial charge >= 0.3 is 6.03 Å². The van der Waals surface area contributed by atoms with E-state index in [0.29, 0.717) is 17.6 Å². The number of imide groups is 1. The van der Waals surface area contributed by atoms with Crippen molar-refractivity contribution in [1.29, 1.82) is 0 Å². The zero-order valence-electron chi connectivity index (χ0n) is 16.4. The van der Waals surface area contributed by atoms with Gasteiger partial charge in [0.1, 0.15) is 5.75 Å². The van der Waals surface area contributed by atoms with E-state index in [1.807, 2.05) is 60.0 Å². The molecular weight excluding hydrogens is 470 g/mol. The van der Waals surface area contributed by atoms with Crippen LogP contribution in [-0.2, 0) is 4.79 Å². The molecule has 0 saturated carbocycles. The minimum absolute atomic E-state index is 0.0168. The maximum atomic E-state index is 12.0. The highest BCUT2D eigenvalue weighted by Gasteiger charge is 2.18. The molecule has 10 heteroatoms. The minimum atomic E-state index is -0.552. The molecule has 8 nitrogen and oxygen atoms in total. The Morgan fingerprint density at radius 3 is 2.43 bits per heavy atom. The first kappa shape index (κ1) is 21.8. The maximum absolute atomic E-state index is 12.0. The molecule has 0 aliphatic carbocycles. The predicted molar refractivity (Wildman–Crippen MR) is 119 cm³/mol. The van der Waals surface area contributed by atoms with Gasteiger partial charge in [-0.3, -0.25) is 14.7 Å². The molecule has 0 fully saturated rings. The van der Waals surface area contributed by atoms with Gasteiger partial charge in [-0.05, 0) is 43.3 Å². The topological polar surface area (TPSA) is 98.1 Å². The smallest absolute Gasteiger partial charge is 0.321 e. The Morgan fingerprint density at radius 2 is 1.80 bits per heavy atom. The van der Waals surface area contributed by atoms with E-state index < -0.39 is 11.9 Å². The van der Waals surface area contributed by atoms with Crippen molar-refractivity contribution in [3.8, 4) is 22.8 Å². The van der Waals surface area contributed by atoms with Crippen LogP contribution >= 0.6 is 27.7 Å². The predicted octanol–water partition coefficient (Wildman–Crippen LogP) is 3.64. The molecule has 1 aromatic heterocycles. The highest BCUT2D eigenvalue weighted by molar-refractivity contribution is 9.10. The summed E-state index contributed by atoms with van der Waals surface area (Å²) in [7, 11) is 1.45. The van der Waals surface area contributed by atoms with Crippen LogP contribution in [0.25, 0.3) is 17.1 Å². The van der Waals surface area contributed by atoms with Gasteiger partial charge in [-0.2, -0.15) is 0 Å². The summed E-state index contributed by atoms with van der Waals surface area (Å²) in [5, 5.41) is 13.7. The Bertz CT molecular complexity index is 1020. The van der Waals surface area contributed by atoms with E-state index in [4.69, 9.17) is 4.74 Å². The largest absolute Gasteiger partial charge is 0.494 e. The minimum Gasteiger partial charge on any atom is -0.494 e. The van der Waals surface area contributed by atoms with Gasteiger partial charge in [-0.15, -0.1) is 10.2 Å². The first-order valence-electron chi connectivity index (χ1n) is 9.10. The van der Waals surface area contributed by atoms with E-state index >= 15 is 0 Å². The van der Waals surface area contributed by atoms with Gasteiger partial charge in [0.15, 0.2) is 11.0 Å². The van der Waals surface area contributed by atoms with Crippen molar-refractivity contribution >= 4 is 39.6 Å². The Hall–Kier alpha value is -2.85. The Morgan fingerprint density at radius 1 is 1.10 bits per heavy atom. The number of urea groups is 1. The standard InChI is InChI=1S/C20H20BrN5O3S/c1-3-29-16-10-8-15(9-11-16)26-18(13-4-6-14(21)7-5-13)24-25-20(26)30-12-17(27)23-19(28)22-2/h4-11H,3,12H2,1-2H3,(H2,22,23,27,28). The molecule has 0 bridgehead atoms. The average Bonchev–Trinajstić information content (AvgIpc) is 3.17. The number of thioether (sulfide) groups is 1. The lowest BCUT2D eigenvalue weighted by atomic mass is 10.2. The number of hydrogen-bond acceptors (Lipinski definition) is 6. The number of amides is 3. The molecule has 0 atom stereocenters. The van der Waals surface area contributed by atoms with Crippen molar-refractivity contribution in [2.24, 2.45) is 0 Å². The van der Waals surface area contributed by atoms with Crippen LogP contribution in [0.3, 0.4) is 0 Å². The number of nitrogens with one attached hydrogen (secondary N) is 2. The molecule has 2 N–H and O–H groups in total. The van der Waals surface area contributed by atoms with Gasteiger partial charge in [-0.1, -0.05) is 39.8 Å². The zero-order valence-corrected chi connectivity index (χ0v) is 18.8. The molecular formula is C20H20BrN5O3S. The second-order valence-corrected chi connectivity index (χ2v) is 7.85. The van der Waals surface area contributed by atoms with Crippen molar-refractivity contribution < 1.29 is 14.3 Å². The third-order valence-corrected chi connectivity index (χ3v) is 5.41. The van der Waals surface area contributed by atoms with Crippen LogP contribution in [0.1, 0.15) is 6.92 Å². The number of aromatic nitrogens is 3. The fraction of sp³-hybridized carbons (Fsp3) is 0.200. The third kappa shape index (κ3) is 5.39. The quantitative estimate of drug-likeness (QED) is 0.491. The Labute approximate surface area is 186 Å². The van der Waals surface area contributed by atoms with Crippen LogP contribution in [-0.4, -0.2) is 46.1 Å². The summed E-state index contributed by atoms with van der Waals surface area (Å²) in [5.41, 5.74) is 1.71. The van der Waals surface area contributed by atoms with Crippen LogP contribution in [0, 0.1) is 0 Å². The van der Waals surface area contributed by atoms with E-state index in [9.17, 15) is 9.59 Å². The molecule has 0 aliphatic rings. The summed E-state index contributed by atoms with van der Waals surface area (Å²) in [6.07, 6.45) is 0. The lowest BCUT2D eigenvalue weighted by Gasteiger charge is -2.11. The van der Waals surface area contributed by atoms with Crippen LogP contribution in [0.15, 0.2) is 58.2 Å². The molecule has 0 spiro atoms. The van der Waals surface area contributed by atoms with E-state index in [0.717, 1.165) is 21.5 Å². The van der Waals surface area contributed by atoms with Crippen molar-refractivity contribution in [2.45, 2.75) is 12.1 Å². The number of halogens is 1. The van der Waals surface area contributed by atoms with Crippen molar-refractivity contribution in [3.05, 3.63) is 53.0 Å². The van der Waals surface area contributed by atoms with Crippen molar-refractivity contribution in [3.63, 3.8) is 0 Å². The van der Waals surface area contributed by atoms with Gasteiger partial charge in [0.05, 0.1) is 12.4 Å². The first-order chi connectivity index (χ1) is 14.5. The summed E-state index contributed by atoms with van der Waals surface area (Å²) < 4.78 is 8.35. The molecule has 0 radical (unpaired) electrons. The molecule has 0 aliphatic heterocycles. The molecule has 3 rings (SSSR count). The molecule has 30 heavy (non-hydrogen) atoms. The molecule has 1 heterocycles. The number of carbonyl (C=O) groups excluding carboxylic acids is 2. The fourth-order valence-corrected chi connectivity index (χ4v) is 3.61. The number of hydrogen-bond donors (Lipinski definition) is 2. The number of ether oxygens (including phenoxy) is 1. The van der Waals surface area contributed by atoms with Crippen molar-refractivity contribution in [2.75, 3.05) is 19.4 Å². The van der Waals surface area contributed by atoms with Crippen LogP contribution in [0.4, 0.5) is 4.79 Å². The lowest BCUT2D eigenvalue weighted by Crippen LogP contribution is -2.38. The summed E-state index contributed by atoms with van der Waals surface area (Å²) >= 11 is 4.63. The second-order valence-electron chi connectivity index (χ2n) is 5.99. The van der Waals surface area contributed by atoms with Gasteiger partial charge in [-0.25, -0.2) is 4.79 Å². The van der Waals surface area contributed by atoms with Crippen molar-refractivity contribution in [1.82, 2.24) is 25.4 Å². The van der Waals surface area contributed by atoms with E-state index in [2.05, 4.69) is 36.8 Å². The van der Waals surface area contributed by atoms with Crippen LogP contribution in [0.2, 0.25) is 0 Å². The Kier molecular flexibility index (Phi) is 7.47. The number of rotatable bonds is 7. The molecule has 2 aromatic carbocycles. The zero-order chi connectivity index (χ0) is 21.5. The number of benzene rings is 2. The molecule has 0 unspecified atom stereocenters. The molecule has 0 saturated heterocycles. The number of nitrogens with zero attached hydrogens (tertiary/aromatic N) is 3. The fourth-order valence-electron chi connectivity index (χ4n) is 2.60. The molecule has 3 aromatic rings. The van der Waals surface area contributed by atoms with Gasteiger partial charge in [0, 0.05) is 22.8 Å². The summed E-state index contributed by atoms with van der Waals surface area (Å²) in [4.78, 5) is 23.3. The normalized spacial score (nSPS) is 10.5. The van der Waals surface area contributed by atoms with E-state index in [1.54, 1.807) is 0 Å². The highest BCUT2D eigenvalue weighted by Crippen LogP contribution is 2.29. The monoisotopic (exact) mass is 489 g/mol. The SMILES string of the molecule is CCOc1ccc(-n2c(SCC(=O)NC(=O)NC)nnc2-c2ccc(Br)cc2)cc1. The Balaban J connectivity index is 1.93. The molecule has 3 amide bonds. The average molecular weight is 490 g/mol. The highest BCUT2D eigenvalue weighted by atomic mass is 79.9.